The Balaban J connectivity index is 2.06. The van der Waals surface area contributed by atoms with Crippen LogP contribution in [0.1, 0.15) is 30.9 Å². The quantitative estimate of drug-likeness (QED) is 0.716. The van der Waals surface area contributed by atoms with Crippen molar-refractivity contribution in [3.05, 3.63) is 61.4 Å². The topological polar surface area (TPSA) is 112 Å². The number of fused-ring (bicyclic) bond motifs is 1. The van der Waals surface area contributed by atoms with Crippen molar-refractivity contribution in [1.82, 2.24) is 9.55 Å². The summed E-state index contributed by atoms with van der Waals surface area (Å²) in [5, 5.41) is 3.12. The van der Waals surface area contributed by atoms with Crippen LogP contribution >= 0.6 is 0 Å². The molecular weight excluding hydrogens is 390 g/mol. The number of ether oxygens (including phenoxy) is 3. The summed E-state index contributed by atoms with van der Waals surface area (Å²) in [6.45, 7) is 4.38. The predicted octanol–water partition coefficient (Wildman–Crippen LogP) is 1.58. The van der Waals surface area contributed by atoms with E-state index in [1.165, 1.54) is 18.8 Å². The van der Waals surface area contributed by atoms with Crippen LogP contribution in [-0.4, -0.2) is 36.3 Å². The minimum absolute atomic E-state index is 0.0407. The van der Waals surface area contributed by atoms with Crippen molar-refractivity contribution in [3.8, 4) is 11.5 Å². The van der Waals surface area contributed by atoms with E-state index in [-0.39, 0.29) is 18.1 Å². The van der Waals surface area contributed by atoms with Gasteiger partial charge in [0.2, 0.25) is 0 Å². The number of esters is 1. The van der Waals surface area contributed by atoms with Crippen molar-refractivity contribution in [2.75, 3.05) is 26.1 Å². The van der Waals surface area contributed by atoms with E-state index in [0.29, 0.717) is 40.7 Å². The summed E-state index contributed by atoms with van der Waals surface area (Å²) in [4.78, 5) is 40.6. The average Bonchev–Trinajstić information content (AvgIpc) is 3.09. The highest BCUT2D eigenvalue weighted by molar-refractivity contribution is 5.97. The van der Waals surface area contributed by atoms with E-state index in [0.717, 1.165) is 0 Å². The highest BCUT2D eigenvalue weighted by Crippen LogP contribution is 2.47. The molecule has 1 atom stereocenters. The van der Waals surface area contributed by atoms with Crippen LogP contribution in [-0.2, 0) is 16.1 Å². The minimum atomic E-state index is -0.779. The average molecular weight is 413 g/mol. The maximum absolute atomic E-state index is 13.0. The fourth-order valence-electron chi connectivity index (χ4n) is 4.08. The van der Waals surface area contributed by atoms with Gasteiger partial charge in [0.1, 0.15) is 12.4 Å². The number of para-hydroxylation sites is 1. The van der Waals surface area contributed by atoms with Crippen LogP contribution in [0, 0.1) is 5.92 Å². The number of carbonyl (C=O) groups is 1. The number of anilines is 1. The Morgan fingerprint density at radius 1 is 1.20 bits per heavy atom. The lowest BCUT2D eigenvalue weighted by Crippen LogP contribution is -2.39. The number of hydrogen-bond donors (Lipinski definition) is 2. The molecule has 0 radical (unpaired) electrons. The van der Waals surface area contributed by atoms with Crippen molar-refractivity contribution in [2.45, 2.75) is 26.3 Å². The molecule has 2 N–H and O–H groups in total. The SMILES string of the molecule is COc1cccc([C@H]2C3=C(COC3=O)Nc3c2c(=O)[nH]c(=O)n3CC(C)C)c1OC. The van der Waals surface area contributed by atoms with Gasteiger partial charge in [-0.25, -0.2) is 9.59 Å². The van der Waals surface area contributed by atoms with Gasteiger partial charge in [-0.3, -0.25) is 14.3 Å². The second-order valence-electron chi connectivity index (χ2n) is 7.64. The third-order valence-corrected chi connectivity index (χ3v) is 5.27. The number of rotatable bonds is 5. The number of aromatic amines is 1. The third kappa shape index (κ3) is 2.97. The smallest absolute Gasteiger partial charge is 0.337 e. The minimum Gasteiger partial charge on any atom is -0.493 e. The van der Waals surface area contributed by atoms with Crippen LogP contribution in [0.4, 0.5) is 5.82 Å². The molecule has 9 heteroatoms. The summed E-state index contributed by atoms with van der Waals surface area (Å²) >= 11 is 0. The summed E-state index contributed by atoms with van der Waals surface area (Å²) in [6.07, 6.45) is 0. The molecule has 4 rings (SSSR count). The van der Waals surface area contributed by atoms with Crippen molar-refractivity contribution < 1.29 is 19.0 Å². The molecule has 158 valence electrons. The third-order valence-electron chi connectivity index (χ3n) is 5.27. The molecular formula is C21H23N3O6. The number of aromatic nitrogens is 2. The summed E-state index contributed by atoms with van der Waals surface area (Å²) in [6, 6.07) is 5.27. The van der Waals surface area contributed by atoms with Gasteiger partial charge in [0.05, 0.1) is 37.0 Å². The van der Waals surface area contributed by atoms with Gasteiger partial charge in [-0.2, -0.15) is 0 Å². The zero-order valence-corrected chi connectivity index (χ0v) is 17.2. The molecule has 0 unspecified atom stereocenters. The molecule has 3 heterocycles. The molecule has 0 saturated carbocycles. The number of nitrogens with zero attached hydrogens (tertiary/aromatic N) is 1. The fraction of sp³-hybridized carbons (Fsp3) is 0.381. The number of benzene rings is 1. The van der Waals surface area contributed by atoms with Gasteiger partial charge in [-0.15, -0.1) is 0 Å². The van der Waals surface area contributed by atoms with Crippen LogP contribution in [0.15, 0.2) is 39.1 Å². The van der Waals surface area contributed by atoms with Crippen molar-refractivity contribution in [3.63, 3.8) is 0 Å². The molecule has 0 saturated heterocycles. The Morgan fingerprint density at radius 2 is 1.97 bits per heavy atom. The summed E-state index contributed by atoms with van der Waals surface area (Å²) in [5.41, 5.74) is 0.624. The molecule has 2 aliphatic rings. The first-order chi connectivity index (χ1) is 14.4. The van der Waals surface area contributed by atoms with Crippen molar-refractivity contribution in [2.24, 2.45) is 5.92 Å². The Bertz CT molecular complexity index is 1170. The number of carbonyl (C=O) groups excluding carboxylic acids is 1. The maximum atomic E-state index is 13.0. The predicted molar refractivity (Wildman–Crippen MR) is 109 cm³/mol. The largest absolute Gasteiger partial charge is 0.493 e. The zero-order valence-electron chi connectivity index (χ0n) is 17.2. The number of hydrogen-bond acceptors (Lipinski definition) is 7. The van der Waals surface area contributed by atoms with Gasteiger partial charge in [0.25, 0.3) is 5.56 Å². The first-order valence-electron chi connectivity index (χ1n) is 9.62. The van der Waals surface area contributed by atoms with E-state index in [2.05, 4.69) is 10.3 Å². The van der Waals surface area contributed by atoms with Gasteiger partial charge in [0.15, 0.2) is 11.5 Å². The van der Waals surface area contributed by atoms with E-state index in [1.54, 1.807) is 18.2 Å². The van der Waals surface area contributed by atoms with E-state index < -0.39 is 23.1 Å². The lowest BCUT2D eigenvalue weighted by Gasteiger charge is -2.29. The first-order valence-corrected chi connectivity index (χ1v) is 9.62. The Hall–Kier alpha value is -3.49. The second kappa shape index (κ2) is 7.40. The molecule has 0 aliphatic carbocycles. The Kier molecular flexibility index (Phi) is 4.89. The van der Waals surface area contributed by atoms with Crippen LogP contribution in [0.3, 0.4) is 0 Å². The number of nitrogens with one attached hydrogen (secondary N) is 2. The van der Waals surface area contributed by atoms with Gasteiger partial charge >= 0.3 is 11.7 Å². The molecule has 0 spiro atoms. The standard InChI is InChI=1S/C21H23N3O6/c1-10(2)8-24-18-16(19(25)23-21(24)27)14(15-12(22-18)9-30-20(15)26)11-6-5-7-13(28-3)17(11)29-4/h5-7,10,14,22H,8-9H2,1-4H3,(H,23,25,27)/t14-/m0/s1. The summed E-state index contributed by atoms with van der Waals surface area (Å²) in [7, 11) is 3.01. The highest BCUT2D eigenvalue weighted by atomic mass is 16.5. The van der Waals surface area contributed by atoms with Gasteiger partial charge < -0.3 is 19.5 Å². The normalized spacial score (nSPS) is 17.4. The second-order valence-corrected chi connectivity index (χ2v) is 7.64. The maximum Gasteiger partial charge on any atom is 0.337 e. The molecule has 30 heavy (non-hydrogen) atoms. The molecule has 2 aromatic rings. The van der Waals surface area contributed by atoms with E-state index >= 15 is 0 Å². The Labute approximate surface area is 172 Å². The molecule has 2 aliphatic heterocycles. The summed E-state index contributed by atoms with van der Waals surface area (Å²) < 4.78 is 17.7. The van der Waals surface area contributed by atoms with Crippen LogP contribution < -0.4 is 26.0 Å². The lowest BCUT2D eigenvalue weighted by atomic mass is 9.82. The van der Waals surface area contributed by atoms with Crippen LogP contribution in [0.25, 0.3) is 0 Å². The van der Waals surface area contributed by atoms with Gasteiger partial charge in [-0.1, -0.05) is 26.0 Å². The van der Waals surface area contributed by atoms with Crippen molar-refractivity contribution in [1.29, 1.82) is 0 Å². The monoisotopic (exact) mass is 413 g/mol. The van der Waals surface area contributed by atoms with Gasteiger partial charge in [0, 0.05) is 12.1 Å². The Morgan fingerprint density at radius 3 is 2.63 bits per heavy atom. The zero-order chi connectivity index (χ0) is 21.6. The van der Waals surface area contributed by atoms with Gasteiger partial charge in [-0.05, 0) is 12.0 Å². The molecule has 1 aromatic heterocycles. The molecule has 0 bridgehead atoms. The number of H-pyrrole nitrogens is 1. The first kappa shape index (κ1) is 19.8. The molecule has 1 aromatic carbocycles. The molecule has 9 nitrogen and oxygen atoms in total. The van der Waals surface area contributed by atoms with Crippen molar-refractivity contribution >= 4 is 11.8 Å². The van der Waals surface area contributed by atoms with Crippen LogP contribution in [0.5, 0.6) is 11.5 Å². The van der Waals surface area contributed by atoms with E-state index in [9.17, 15) is 14.4 Å². The number of cyclic esters (lactones) is 1. The van der Waals surface area contributed by atoms with E-state index in [1.807, 2.05) is 13.8 Å². The van der Waals surface area contributed by atoms with Crippen LogP contribution in [0.2, 0.25) is 0 Å². The fourth-order valence-corrected chi connectivity index (χ4v) is 4.08. The molecule has 0 amide bonds. The molecule has 0 fully saturated rings. The highest BCUT2D eigenvalue weighted by Gasteiger charge is 2.42. The van der Waals surface area contributed by atoms with E-state index in [4.69, 9.17) is 14.2 Å². The summed E-state index contributed by atoms with van der Waals surface area (Å²) in [5.74, 6) is 0.101. The lowest BCUT2D eigenvalue weighted by molar-refractivity contribution is -0.136. The number of methoxy groups -OCH3 is 2.